The van der Waals surface area contributed by atoms with Crippen LogP contribution in [0.25, 0.3) is 0 Å². The highest BCUT2D eigenvalue weighted by Gasteiger charge is 2.40. The maximum absolute atomic E-state index is 7.12. The first-order valence-corrected chi connectivity index (χ1v) is 26.7. The number of unbranched alkanes of at least 4 members (excludes halogenated alkanes) is 1. The molecule has 0 rings (SSSR count). The first-order valence-electron chi connectivity index (χ1n) is 16.8. The SMILES string of the molecule is CC[Si](CC)(CC)O[C@H](C/C=C(\C)C[C@H](C)[C@H](CCCCO[Si](C)(C)C(C)(C)C)O[Si](C)(C)C(C)(C)C)[C@@H](C)CI. The van der Waals surface area contributed by atoms with Crippen molar-refractivity contribution in [1.29, 1.82) is 0 Å². The van der Waals surface area contributed by atoms with Crippen molar-refractivity contribution in [3.63, 3.8) is 0 Å². The van der Waals surface area contributed by atoms with Crippen molar-refractivity contribution in [2.45, 2.75) is 182 Å². The van der Waals surface area contributed by atoms with Crippen LogP contribution in [-0.4, -0.2) is 48.2 Å². The van der Waals surface area contributed by atoms with Gasteiger partial charge in [0.05, 0.1) is 6.10 Å². The van der Waals surface area contributed by atoms with Gasteiger partial charge in [0.1, 0.15) is 0 Å². The summed E-state index contributed by atoms with van der Waals surface area (Å²) in [6, 6.07) is 3.66. The van der Waals surface area contributed by atoms with E-state index in [1.165, 1.54) is 30.1 Å². The number of rotatable bonds is 20. The fourth-order valence-electron chi connectivity index (χ4n) is 4.86. The molecule has 0 N–H and O–H groups in total. The van der Waals surface area contributed by atoms with Crippen LogP contribution in [0.1, 0.15) is 115 Å². The average molecular weight is 741 g/mol. The standard InChI is InChI=1S/C34H73IO3Si3/c1-17-41(18-2,19-3)38-32(30(6)27-35)24-23-28(4)26-29(5)31(37-40(15,16)34(10,11)12)22-20-21-25-36-39(13,14)33(7,8)9/h23,29-32H,17-22,24-27H2,1-16H3/b28-23+/t29-,30-,31-,32+/m0/s1. The largest absolute Gasteiger partial charge is 0.417 e. The van der Waals surface area contributed by atoms with Gasteiger partial charge in [-0.15, -0.1) is 0 Å². The van der Waals surface area contributed by atoms with Gasteiger partial charge in [-0.2, -0.15) is 0 Å². The van der Waals surface area contributed by atoms with Crippen LogP contribution in [0.5, 0.6) is 0 Å². The molecule has 0 heterocycles. The minimum absolute atomic E-state index is 0.218. The van der Waals surface area contributed by atoms with E-state index in [1.54, 1.807) is 0 Å². The maximum Gasteiger partial charge on any atom is 0.192 e. The van der Waals surface area contributed by atoms with Gasteiger partial charge in [-0.25, -0.2) is 0 Å². The van der Waals surface area contributed by atoms with Crippen LogP contribution >= 0.6 is 22.6 Å². The first kappa shape index (κ1) is 42.0. The normalized spacial score (nSPS) is 17.4. The van der Waals surface area contributed by atoms with Crippen molar-refractivity contribution >= 4 is 47.5 Å². The van der Waals surface area contributed by atoms with E-state index in [4.69, 9.17) is 13.3 Å². The van der Waals surface area contributed by atoms with Gasteiger partial charge in [0.15, 0.2) is 25.0 Å². The van der Waals surface area contributed by atoms with Gasteiger partial charge in [-0.3, -0.25) is 0 Å². The van der Waals surface area contributed by atoms with Gasteiger partial charge < -0.3 is 13.3 Å². The van der Waals surface area contributed by atoms with E-state index >= 15 is 0 Å². The molecule has 0 aliphatic rings. The monoisotopic (exact) mass is 740 g/mol. The third-order valence-electron chi connectivity index (χ3n) is 10.6. The lowest BCUT2D eigenvalue weighted by atomic mass is 9.92. The summed E-state index contributed by atoms with van der Waals surface area (Å²) in [6.45, 7) is 38.6. The number of alkyl halides is 1. The molecule has 0 amide bonds. The van der Waals surface area contributed by atoms with Crippen molar-refractivity contribution < 1.29 is 13.3 Å². The van der Waals surface area contributed by atoms with E-state index in [0.717, 1.165) is 36.7 Å². The molecule has 0 saturated carbocycles. The van der Waals surface area contributed by atoms with Crippen LogP contribution < -0.4 is 0 Å². The molecule has 0 saturated heterocycles. The molecule has 7 heteroatoms. The molecule has 0 aromatic heterocycles. The molecular formula is C34H73IO3Si3. The Kier molecular flexibility index (Phi) is 18.7. The lowest BCUT2D eigenvalue weighted by Gasteiger charge is -2.41. The van der Waals surface area contributed by atoms with Gasteiger partial charge in [0, 0.05) is 17.1 Å². The molecule has 0 bridgehead atoms. The summed E-state index contributed by atoms with van der Waals surface area (Å²) in [5.41, 5.74) is 1.49. The van der Waals surface area contributed by atoms with E-state index in [2.05, 4.69) is 138 Å². The molecule has 0 spiro atoms. The zero-order chi connectivity index (χ0) is 32.3. The molecule has 4 atom stereocenters. The first-order chi connectivity index (χ1) is 18.6. The molecule has 0 fully saturated rings. The fourth-order valence-corrected chi connectivity index (χ4v) is 10.9. The van der Waals surface area contributed by atoms with Crippen LogP contribution in [-0.2, 0) is 13.3 Å². The second-order valence-electron chi connectivity index (χ2n) is 16.0. The summed E-state index contributed by atoms with van der Waals surface area (Å²) in [7, 11) is -5.17. The number of halogens is 1. The third-order valence-corrected chi connectivity index (χ3v) is 25.7. The Labute approximate surface area is 275 Å². The Bertz CT molecular complexity index is 743. The van der Waals surface area contributed by atoms with Crippen molar-refractivity contribution in [3.05, 3.63) is 11.6 Å². The highest BCUT2D eigenvalue weighted by Crippen LogP contribution is 2.40. The van der Waals surface area contributed by atoms with Gasteiger partial charge in [0.2, 0.25) is 0 Å². The lowest BCUT2D eigenvalue weighted by molar-refractivity contribution is 0.111. The van der Waals surface area contributed by atoms with E-state index < -0.39 is 25.0 Å². The smallest absolute Gasteiger partial charge is 0.192 e. The molecule has 0 aromatic rings. The Morgan fingerprint density at radius 2 is 1.27 bits per heavy atom. The quantitative estimate of drug-likeness (QED) is 0.0409. The topological polar surface area (TPSA) is 27.7 Å². The van der Waals surface area contributed by atoms with Crippen molar-refractivity contribution in [3.8, 4) is 0 Å². The predicted octanol–water partition coefficient (Wildman–Crippen LogP) is 12.4. The second-order valence-corrected chi connectivity index (χ2v) is 31.2. The predicted molar refractivity (Wildman–Crippen MR) is 201 cm³/mol. The van der Waals surface area contributed by atoms with Crippen LogP contribution in [0.15, 0.2) is 11.6 Å². The van der Waals surface area contributed by atoms with Gasteiger partial charge >= 0.3 is 0 Å². The zero-order valence-corrected chi connectivity index (χ0v) is 35.7. The molecule has 41 heavy (non-hydrogen) atoms. The Hall–Kier alpha value is 1.00. The Morgan fingerprint density at radius 3 is 1.71 bits per heavy atom. The maximum atomic E-state index is 7.12. The van der Waals surface area contributed by atoms with Gasteiger partial charge in [-0.05, 0) is 105 Å². The van der Waals surface area contributed by atoms with Crippen LogP contribution in [0, 0.1) is 11.8 Å². The number of allylic oxidation sites excluding steroid dienone is 1. The van der Waals surface area contributed by atoms with Crippen molar-refractivity contribution in [2.75, 3.05) is 11.0 Å². The summed E-state index contributed by atoms with van der Waals surface area (Å²) in [6.07, 6.45) is 8.69. The summed E-state index contributed by atoms with van der Waals surface area (Å²) in [5, 5.41) is 0.487. The number of hydrogen-bond donors (Lipinski definition) is 0. The summed E-state index contributed by atoms with van der Waals surface area (Å²) in [4.78, 5) is 0. The molecule has 0 unspecified atom stereocenters. The molecule has 0 aliphatic carbocycles. The van der Waals surface area contributed by atoms with Crippen LogP contribution in [0.4, 0.5) is 0 Å². The Balaban J connectivity index is 5.54. The molecular weight excluding hydrogens is 668 g/mol. The highest BCUT2D eigenvalue weighted by atomic mass is 127. The van der Waals surface area contributed by atoms with E-state index in [9.17, 15) is 0 Å². The zero-order valence-electron chi connectivity index (χ0n) is 30.6. The summed E-state index contributed by atoms with van der Waals surface area (Å²) >= 11 is 2.54. The lowest BCUT2D eigenvalue weighted by Crippen LogP contribution is -2.45. The summed E-state index contributed by atoms with van der Waals surface area (Å²) in [5.74, 6) is 1.08. The molecule has 246 valence electrons. The van der Waals surface area contributed by atoms with Crippen molar-refractivity contribution in [1.82, 2.24) is 0 Å². The average Bonchev–Trinajstić information content (AvgIpc) is 2.86. The van der Waals surface area contributed by atoms with Crippen LogP contribution in [0.3, 0.4) is 0 Å². The fraction of sp³-hybridized carbons (Fsp3) is 0.941. The van der Waals surface area contributed by atoms with E-state index in [-0.39, 0.29) is 10.1 Å². The molecule has 0 aliphatic heterocycles. The van der Waals surface area contributed by atoms with Crippen LogP contribution in [0.2, 0.25) is 54.4 Å². The molecule has 3 nitrogen and oxygen atoms in total. The van der Waals surface area contributed by atoms with Crippen molar-refractivity contribution in [2.24, 2.45) is 11.8 Å². The molecule has 0 radical (unpaired) electrons. The van der Waals surface area contributed by atoms with Gasteiger partial charge in [-0.1, -0.05) is 110 Å². The third kappa shape index (κ3) is 14.3. The minimum atomic E-state index is -1.86. The van der Waals surface area contributed by atoms with E-state index in [1.807, 2.05) is 0 Å². The second kappa shape index (κ2) is 18.2. The summed E-state index contributed by atoms with van der Waals surface area (Å²) < 4.78 is 21.8. The highest BCUT2D eigenvalue weighted by molar-refractivity contribution is 14.1. The van der Waals surface area contributed by atoms with Gasteiger partial charge in [0.25, 0.3) is 0 Å². The minimum Gasteiger partial charge on any atom is -0.417 e. The Morgan fingerprint density at radius 1 is 0.756 bits per heavy atom. The molecule has 0 aromatic carbocycles. The van der Waals surface area contributed by atoms with E-state index in [0.29, 0.717) is 24.0 Å². The number of hydrogen-bond acceptors (Lipinski definition) is 3.